The normalized spacial score (nSPS) is 12.5. The summed E-state index contributed by atoms with van der Waals surface area (Å²) in [5.74, 6) is 2.21. The van der Waals surface area contributed by atoms with E-state index in [4.69, 9.17) is 24.7 Å². The Morgan fingerprint density at radius 1 is 0.926 bits per heavy atom. The van der Waals surface area contributed by atoms with Gasteiger partial charge in [-0.1, -0.05) is 18.7 Å². The molecule has 27 heavy (non-hydrogen) atoms. The van der Waals surface area contributed by atoms with Crippen molar-refractivity contribution in [2.45, 2.75) is 0 Å². The van der Waals surface area contributed by atoms with E-state index >= 15 is 0 Å². The molecule has 3 rings (SSSR count). The highest BCUT2D eigenvalue weighted by Crippen LogP contribution is 2.42. The first kappa shape index (κ1) is 20.0. The van der Waals surface area contributed by atoms with Gasteiger partial charge in [-0.25, -0.2) is 0 Å². The molecule has 0 radical (unpaired) electrons. The monoisotopic (exact) mass is 372 g/mol. The summed E-state index contributed by atoms with van der Waals surface area (Å²) in [5, 5.41) is 0. The number of hydrogen-bond acceptors (Lipinski definition) is 6. The smallest absolute Gasteiger partial charge is 0.255 e. The minimum atomic E-state index is -0.0794. The standard InChI is InChI=1S/C13H15NO4.C7H9NO/c1-8-7-14(13(8)15)9-5-10(16-2)12(18-4)11(6-9)17-3;1-9-7-5-3-2-4-6(7)8/h5-6H,1,7H2,2-4H3;2-5H,8H2,1H3. The van der Waals surface area contributed by atoms with Crippen molar-refractivity contribution in [1.82, 2.24) is 0 Å². The number of rotatable bonds is 5. The Labute approximate surface area is 158 Å². The van der Waals surface area contributed by atoms with E-state index in [1.807, 2.05) is 18.2 Å². The molecule has 1 heterocycles. The Balaban J connectivity index is 0.000000244. The molecule has 0 bridgehead atoms. The summed E-state index contributed by atoms with van der Waals surface area (Å²) >= 11 is 0. The molecule has 1 saturated heterocycles. The van der Waals surface area contributed by atoms with Crippen LogP contribution in [0.25, 0.3) is 0 Å². The fourth-order valence-corrected chi connectivity index (χ4v) is 2.53. The van der Waals surface area contributed by atoms with Crippen molar-refractivity contribution < 1.29 is 23.7 Å². The molecule has 7 nitrogen and oxygen atoms in total. The van der Waals surface area contributed by atoms with Crippen LogP contribution in [0, 0.1) is 0 Å². The van der Waals surface area contributed by atoms with E-state index in [2.05, 4.69) is 6.58 Å². The molecule has 0 spiro atoms. The third kappa shape index (κ3) is 4.25. The Bertz CT molecular complexity index is 810. The molecule has 1 aliphatic rings. The van der Waals surface area contributed by atoms with Crippen molar-refractivity contribution in [1.29, 1.82) is 0 Å². The van der Waals surface area contributed by atoms with E-state index in [1.165, 1.54) is 21.3 Å². The molecule has 0 aliphatic carbocycles. The number of methoxy groups -OCH3 is 4. The number of hydrogen-bond donors (Lipinski definition) is 1. The lowest BCUT2D eigenvalue weighted by molar-refractivity contribution is -0.117. The number of nitrogen functional groups attached to an aromatic ring is 1. The summed E-state index contributed by atoms with van der Waals surface area (Å²) in [4.78, 5) is 13.2. The zero-order valence-corrected chi connectivity index (χ0v) is 15.9. The molecular formula is C20H24N2O5. The molecule has 1 amide bonds. The summed E-state index contributed by atoms with van der Waals surface area (Å²) in [7, 11) is 6.22. The van der Waals surface area contributed by atoms with E-state index in [9.17, 15) is 4.79 Å². The summed E-state index contributed by atoms with van der Waals surface area (Å²) < 4.78 is 20.6. The Morgan fingerprint density at radius 2 is 1.48 bits per heavy atom. The maximum Gasteiger partial charge on any atom is 0.255 e. The fourth-order valence-electron chi connectivity index (χ4n) is 2.53. The number of para-hydroxylation sites is 2. The van der Waals surface area contributed by atoms with Crippen LogP contribution in [0.2, 0.25) is 0 Å². The highest BCUT2D eigenvalue weighted by Gasteiger charge is 2.31. The highest BCUT2D eigenvalue weighted by atomic mass is 16.5. The maximum absolute atomic E-state index is 11.6. The number of benzene rings is 2. The number of β-lactam (4-membered cyclic amide) rings is 1. The first-order valence-electron chi connectivity index (χ1n) is 8.14. The lowest BCUT2D eigenvalue weighted by atomic mass is 10.1. The molecule has 7 heteroatoms. The third-order valence-corrected chi connectivity index (χ3v) is 4.00. The third-order valence-electron chi connectivity index (χ3n) is 4.00. The van der Waals surface area contributed by atoms with Crippen LogP contribution in [-0.2, 0) is 4.79 Å². The average Bonchev–Trinajstić information content (AvgIpc) is 2.71. The minimum Gasteiger partial charge on any atom is -0.495 e. The highest BCUT2D eigenvalue weighted by molar-refractivity contribution is 6.13. The van der Waals surface area contributed by atoms with Crippen molar-refractivity contribution in [3.8, 4) is 23.0 Å². The van der Waals surface area contributed by atoms with Crippen LogP contribution in [0.4, 0.5) is 11.4 Å². The summed E-state index contributed by atoms with van der Waals surface area (Å²) in [6.45, 7) is 4.18. The van der Waals surface area contributed by atoms with Crippen molar-refractivity contribution in [2.24, 2.45) is 0 Å². The number of carbonyl (C=O) groups is 1. The number of anilines is 2. The fraction of sp³-hybridized carbons (Fsp3) is 0.250. The maximum atomic E-state index is 11.6. The summed E-state index contributed by atoms with van der Waals surface area (Å²) in [6.07, 6.45) is 0. The summed E-state index contributed by atoms with van der Waals surface area (Å²) in [5.41, 5.74) is 7.50. The van der Waals surface area contributed by atoms with Crippen molar-refractivity contribution in [3.63, 3.8) is 0 Å². The van der Waals surface area contributed by atoms with Crippen LogP contribution >= 0.6 is 0 Å². The Kier molecular flexibility index (Phi) is 6.54. The lowest BCUT2D eigenvalue weighted by Crippen LogP contribution is -2.45. The van der Waals surface area contributed by atoms with E-state index in [0.717, 1.165) is 5.75 Å². The molecule has 0 saturated carbocycles. The molecule has 0 aromatic heterocycles. The SMILES string of the molecule is C=C1CN(c2cc(OC)c(OC)c(OC)c2)C1=O.COc1ccccc1N. The van der Waals surface area contributed by atoms with Gasteiger partial charge in [0.1, 0.15) is 5.75 Å². The molecule has 1 fully saturated rings. The molecule has 1 aliphatic heterocycles. The van der Waals surface area contributed by atoms with Gasteiger partial charge in [-0.2, -0.15) is 0 Å². The van der Waals surface area contributed by atoms with Gasteiger partial charge in [0, 0.05) is 17.7 Å². The Hall–Kier alpha value is -3.35. The van der Waals surface area contributed by atoms with Crippen LogP contribution < -0.4 is 29.6 Å². The van der Waals surface area contributed by atoms with Gasteiger partial charge in [-0.3, -0.25) is 4.79 Å². The topological polar surface area (TPSA) is 83.2 Å². The second kappa shape index (κ2) is 8.84. The number of nitrogens with zero attached hydrogens (tertiary/aromatic N) is 1. The quantitative estimate of drug-likeness (QED) is 0.494. The van der Waals surface area contributed by atoms with E-state index in [-0.39, 0.29) is 5.91 Å². The van der Waals surface area contributed by atoms with Gasteiger partial charge in [0.2, 0.25) is 5.75 Å². The minimum absolute atomic E-state index is 0.0794. The first-order valence-corrected chi connectivity index (χ1v) is 8.14. The van der Waals surface area contributed by atoms with Gasteiger partial charge in [-0.05, 0) is 12.1 Å². The lowest BCUT2D eigenvalue weighted by Gasteiger charge is -2.33. The molecular weight excluding hydrogens is 348 g/mol. The van der Waals surface area contributed by atoms with Crippen molar-refractivity contribution in [2.75, 3.05) is 45.6 Å². The van der Waals surface area contributed by atoms with Gasteiger partial charge < -0.3 is 29.6 Å². The van der Waals surface area contributed by atoms with E-state index < -0.39 is 0 Å². The van der Waals surface area contributed by atoms with Crippen LogP contribution in [0.1, 0.15) is 0 Å². The molecule has 2 aromatic rings. The average molecular weight is 372 g/mol. The molecule has 0 atom stereocenters. The van der Waals surface area contributed by atoms with Gasteiger partial charge in [0.25, 0.3) is 5.91 Å². The van der Waals surface area contributed by atoms with Gasteiger partial charge >= 0.3 is 0 Å². The molecule has 144 valence electrons. The zero-order valence-electron chi connectivity index (χ0n) is 15.9. The zero-order chi connectivity index (χ0) is 20.0. The van der Waals surface area contributed by atoms with Crippen LogP contribution in [0.3, 0.4) is 0 Å². The first-order chi connectivity index (χ1) is 13.0. The van der Waals surface area contributed by atoms with Crippen LogP contribution in [0.15, 0.2) is 48.6 Å². The Morgan fingerprint density at radius 3 is 1.85 bits per heavy atom. The van der Waals surface area contributed by atoms with E-state index in [1.54, 1.807) is 30.2 Å². The predicted molar refractivity (Wildman–Crippen MR) is 105 cm³/mol. The van der Waals surface area contributed by atoms with Crippen molar-refractivity contribution in [3.05, 3.63) is 48.6 Å². The summed E-state index contributed by atoms with van der Waals surface area (Å²) in [6, 6.07) is 10.9. The van der Waals surface area contributed by atoms with Gasteiger partial charge in [0.15, 0.2) is 11.5 Å². The predicted octanol–water partition coefficient (Wildman–Crippen LogP) is 2.89. The largest absolute Gasteiger partial charge is 0.495 e. The number of nitrogens with two attached hydrogens (primary N) is 1. The number of amides is 1. The molecule has 2 aromatic carbocycles. The number of ether oxygens (including phenoxy) is 4. The van der Waals surface area contributed by atoms with Crippen molar-refractivity contribution >= 4 is 17.3 Å². The van der Waals surface area contributed by atoms with Gasteiger partial charge in [0.05, 0.1) is 46.4 Å². The van der Waals surface area contributed by atoms with E-state index in [0.29, 0.717) is 40.7 Å². The molecule has 0 unspecified atom stereocenters. The number of carbonyl (C=O) groups excluding carboxylic acids is 1. The second-order valence-corrected chi connectivity index (χ2v) is 5.62. The molecule has 2 N–H and O–H groups in total. The van der Waals surface area contributed by atoms with Crippen LogP contribution in [0.5, 0.6) is 23.0 Å². The van der Waals surface area contributed by atoms with Crippen LogP contribution in [-0.4, -0.2) is 40.9 Å². The second-order valence-electron chi connectivity index (χ2n) is 5.62. The van der Waals surface area contributed by atoms with Gasteiger partial charge in [-0.15, -0.1) is 0 Å².